The smallest absolute Gasteiger partial charge is 0.342 e. The van der Waals surface area contributed by atoms with E-state index in [9.17, 15) is 18.0 Å². The zero-order valence-corrected chi connectivity index (χ0v) is 17.2. The molecule has 0 spiro atoms. The maximum atomic E-state index is 12.5. The van der Waals surface area contributed by atoms with Crippen LogP contribution in [0.4, 0.5) is 0 Å². The Hall–Kier alpha value is -2.91. The third kappa shape index (κ3) is 6.03. The molecule has 3 N–H and O–H groups in total. The second-order valence-electron chi connectivity index (χ2n) is 6.51. The predicted octanol–water partition coefficient (Wildman–Crippen LogP) is 1.81. The zero-order chi connectivity index (χ0) is 21.6. The van der Waals surface area contributed by atoms with Gasteiger partial charge in [0, 0.05) is 6.54 Å². The van der Waals surface area contributed by atoms with Crippen molar-refractivity contribution in [3.63, 3.8) is 0 Å². The lowest BCUT2D eigenvalue weighted by Gasteiger charge is -2.17. The predicted molar refractivity (Wildman–Crippen MR) is 107 cm³/mol. The number of carbonyl (C=O) groups is 2. The molecule has 0 saturated heterocycles. The van der Waals surface area contributed by atoms with Gasteiger partial charge in [-0.05, 0) is 36.6 Å². The van der Waals surface area contributed by atoms with Gasteiger partial charge in [0.1, 0.15) is 11.3 Å². The first kappa shape index (κ1) is 22.4. The second-order valence-corrected chi connectivity index (χ2v) is 8.07. The monoisotopic (exact) mass is 420 g/mol. The van der Waals surface area contributed by atoms with Gasteiger partial charge in [0.25, 0.3) is 5.91 Å². The summed E-state index contributed by atoms with van der Waals surface area (Å²) in [5, 5.41) is 7.84. The molecule has 0 saturated carbocycles. The van der Waals surface area contributed by atoms with Crippen molar-refractivity contribution in [2.75, 3.05) is 13.7 Å². The van der Waals surface area contributed by atoms with Crippen LogP contribution in [0.5, 0.6) is 5.75 Å². The summed E-state index contributed by atoms with van der Waals surface area (Å²) in [7, 11) is -2.69. The van der Waals surface area contributed by atoms with E-state index in [0.29, 0.717) is 6.54 Å². The summed E-state index contributed by atoms with van der Waals surface area (Å²) in [6, 6.07) is 13.2. The molecule has 29 heavy (non-hydrogen) atoms. The topological polar surface area (TPSA) is 125 Å². The molecule has 9 heteroatoms. The molecule has 0 heterocycles. The first-order valence-electron chi connectivity index (χ1n) is 8.88. The fourth-order valence-corrected chi connectivity index (χ4v) is 3.14. The van der Waals surface area contributed by atoms with E-state index in [-0.39, 0.29) is 22.1 Å². The first-order chi connectivity index (χ1) is 13.6. The Balaban J connectivity index is 2.03. The van der Waals surface area contributed by atoms with E-state index in [2.05, 4.69) is 5.32 Å². The van der Waals surface area contributed by atoms with Crippen LogP contribution in [0.15, 0.2) is 53.4 Å². The summed E-state index contributed by atoms with van der Waals surface area (Å²) in [6.07, 6.45) is -1.09. The Kier molecular flexibility index (Phi) is 7.35. The maximum absolute atomic E-state index is 12.5. The zero-order valence-electron chi connectivity index (χ0n) is 16.4. The quantitative estimate of drug-likeness (QED) is 0.628. The molecule has 8 nitrogen and oxygen atoms in total. The highest BCUT2D eigenvalue weighted by Crippen LogP contribution is 2.23. The van der Waals surface area contributed by atoms with E-state index in [1.165, 1.54) is 26.2 Å². The van der Waals surface area contributed by atoms with E-state index < -0.39 is 28.0 Å². The third-order valence-corrected chi connectivity index (χ3v) is 5.23. The van der Waals surface area contributed by atoms with Crippen LogP contribution in [-0.4, -0.2) is 40.1 Å². The van der Waals surface area contributed by atoms with Gasteiger partial charge in [0.2, 0.25) is 10.0 Å². The first-order valence-corrected chi connectivity index (χ1v) is 10.4. The van der Waals surface area contributed by atoms with Crippen LogP contribution in [0.3, 0.4) is 0 Å². The number of esters is 1. The van der Waals surface area contributed by atoms with Crippen molar-refractivity contribution in [3.8, 4) is 5.75 Å². The number of rotatable bonds is 8. The van der Waals surface area contributed by atoms with Gasteiger partial charge < -0.3 is 14.8 Å². The second kappa shape index (κ2) is 9.53. The molecule has 0 radical (unpaired) electrons. The van der Waals surface area contributed by atoms with Crippen molar-refractivity contribution in [3.05, 3.63) is 59.7 Å². The Morgan fingerprint density at radius 2 is 1.76 bits per heavy atom. The molecule has 2 rings (SSSR count). The number of methoxy groups -OCH3 is 1. The van der Waals surface area contributed by atoms with Crippen LogP contribution < -0.4 is 15.2 Å². The fraction of sp³-hybridized carbons (Fsp3) is 0.300. The molecule has 1 amide bonds. The van der Waals surface area contributed by atoms with Crippen LogP contribution in [0, 0.1) is 0 Å². The van der Waals surface area contributed by atoms with Crippen LogP contribution in [0.25, 0.3) is 0 Å². The van der Waals surface area contributed by atoms with Crippen molar-refractivity contribution in [2.45, 2.75) is 30.8 Å². The maximum Gasteiger partial charge on any atom is 0.342 e. The van der Waals surface area contributed by atoms with Gasteiger partial charge in [0.15, 0.2) is 6.10 Å². The lowest BCUT2D eigenvalue weighted by atomic mass is 10.0. The van der Waals surface area contributed by atoms with Crippen LogP contribution in [0.2, 0.25) is 0 Å². The molecule has 0 fully saturated rings. The number of sulfonamides is 1. The molecule has 156 valence electrons. The van der Waals surface area contributed by atoms with Gasteiger partial charge >= 0.3 is 5.97 Å². The molecule has 2 aromatic carbocycles. The Bertz CT molecular complexity index is 976. The highest BCUT2D eigenvalue weighted by molar-refractivity contribution is 7.89. The molecule has 0 aliphatic heterocycles. The van der Waals surface area contributed by atoms with E-state index in [0.717, 1.165) is 11.6 Å². The lowest BCUT2D eigenvalue weighted by Crippen LogP contribution is -2.37. The number of hydrogen-bond acceptors (Lipinski definition) is 6. The Morgan fingerprint density at radius 3 is 2.34 bits per heavy atom. The molecule has 0 aromatic heterocycles. The number of primary sulfonamides is 1. The van der Waals surface area contributed by atoms with Gasteiger partial charge in [-0.1, -0.05) is 37.3 Å². The van der Waals surface area contributed by atoms with Gasteiger partial charge in [-0.2, -0.15) is 0 Å². The standard InChI is InChI=1S/C20H24N2O6S/c1-13(15-7-5-4-6-8-15)12-22-19(23)14(2)28-20(24)17-11-16(29(21,25)26)9-10-18(17)27-3/h4-11,13-14H,12H2,1-3H3,(H,22,23)(H2,21,25,26)/t13-,14+/m0/s1. The molecule has 0 aliphatic carbocycles. The van der Waals surface area contributed by atoms with Crippen molar-refractivity contribution >= 4 is 21.9 Å². The molecule has 0 aliphatic rings. The summed E-state index contributed by atoms with van der Waals surface area (Å²) in [6.45, 7) is 3.77. The number of amides is 1. The van der Waals surface area contributed by atoms with Crippen molar-refractivity contribution in [1.82, 2.24) is 5.32 Å². The van der Waals surface area contributed by atoms with Gasteiger partial charge in [0.05, 0.1) is 12.0 Å². The molecule has 2 aromatic rings. The average molecular weight is 420 g/mol. The van der Waals surface area contributed by atoms with E-state index in [1.54, 1.807) is 0 Å². The summed E-state index contributed by atoms with van der Waals surface area (Å²) in [4.78, 5) is 24.5. The number of hydrogen-bond donors (Lipinski definition) is 2. The lowest BCUT2D eigenvalue weighted by molar-refractivity contribution is -0.129. The molecule has 2 atom stereocenters. The molecular weight excluding hydrogens is 396 g/mol. The molecule has 0 bridgehead atoms. The summed E-state index contributed by atoms with van der Waals surface area (Å²) < 4.78 is 33.3. The molecule has 0 unspecified atom stereocenters. The largest absolute Gasteiger partial charge is 0.496 e. The summed E-state index contributed by atoms with van der Waals surface area (Å²) >= 11 is 0. The Labute approximate surface area is 170 Å². The third-order valence-electron chi connectivity index (χ3n) is 4.32. The number of nitrogens with one attached hydrogen (secondary N) is 1. The van der Waals surface area contributed by atoms with E-state index in [4.69, 9.17) is 14.6 Å². The van der Waals surface area contributed by atoms with Crippen molar-refractivity contribution in [2.24, 2.45) is 5.14 Å². The fourth-order valence-electron chi connectivity index (χ4n) is 2.60. The van der Waals surface area contributed by atoms with Crippen LogP contribution in [0.1, 0.15) is 35.7 Å². The minimum Gasteiger partial charge on any atom is -0.496 e. The van der Waals surface area contributed by atoms with E-state index >= 15 is 0 Å². The minimum absolute atomic E-state index is 0.0783. The normalized spacial score (nSPS) is 13.2. The highest BCUT2D eigenvalue weighted by Gasteiger charge is 2.23. The Morgan fingerprint density at radius 1 is 1.10 bits per heavy atom. The summed E-state index contributed by atoms with van der Waals surface area (Å²) in [5.74, 6) is -1.18. The molecular formula is C20H24N2O6S. The highest BCUT2D eigenvalue weighted by atomic mass is 32.2. The van der Waals surface area contributed by atoms with Gasteiger partial charge in [-0.3, -0.25) is 4.79 Å². The minimum atomic E-state index is -4.02. The SMILES string of the molecule is COc1ccc(S(N)(=O)=O)cc1C(=O)O[C@H](C)C(=O)NC[C@H](C)c1ccccc1. The number of carbonyl (C=O) groups excluding carboxylic acids is 2. The van der Waals surface area contributed by atoms with E-state index in [1.807, 2.05) is 37.3 Å². The van der Waals surface area contributed by atoms with Crippen LogP contribution >= 0.6 is 0 Å². The van der Waals surface area contributed by atoms with Crippen molar-refractivity contribution < 1.29 is 27.5 Å². The number of benzene rings is 2. The summed E-state index contributed by atoms with van der Waals surface area (Å²) in [5.41, 5.74) is 0.929. The van der Waals surface area contributed by atoms with Crippen LogP contribution in [-0.2, 0) is 19.6 Å². The van der Waals surface area contributed by atoms with Gasteiger partial charge in [-0.15, -0.1) is 0 Å². The van der Waals surface area contributed by atoms with Gasteiger partial charge in [-0.25, -0.2) is 18.4 Å². The average Bonchev–Trinajstić information content (AvgIpc) is 2.70. The van der Waals surface area contributed by atoms with Crippen molar-refractivity contribution in [1.29, 1.82) is 0 Å². The number of nitrogens with two attached hydrogens (primary N) is 1. The number of ether oxygens (including phenoxy) is 2.